The highest BCUT2D eigenvalue weighted by Gasteiger charge is 2.19. The first-order valence-corrected chi connectivity index (χ1v) is 4.07. The van der Waals surface area contributed by atoms with Gasteiger partial charge in [-0.25, -0.2) is 0 Å². The Kier molecular flexibility index (Phi) is 2.36. The lowest BCUT2D eigenvalue weighted by Crippen LogP contribution is -2.13. The van der Waals surface area contributed by atoms with E-state index in [4.69, 9.17) is 5.11 Å². The summed E-state index contributed by atoms with van der Waals surface area (Å²) in [5, 5.41) is 8.79. The summed E-state index contributed by atoms with van der Waals surface area (Å²) in [6, 6.07) is 0. The lowest BCUT2D eigenvalue weighted by Gasteiger charge is -2.25. The lowest BCUT2D eigenvalue weighted by atomic mass is 9.80. The van der Waals surface area contributed by atoms with Gasteiger partial charge in [-0.05, 0) is 36.7 Å². The molecular formula is C9H16O. The molecule has 0 bridgehead atoms. The molecule has 0 aromatic rings. The van der Waals surface area contributed by atoms with E-state index in [0.717, 1.165) is 12.3 Å². The van der Waals surface area contributed by atoms with Crippen molar-refractivity contribution < 1.29 is 5.11 Å². The molecule has 0 radical (unpaired) electrons. The standard InChI is InChI=1S/C9H16O/c1-7-3-4-9(6-10)8(2)5-7/h6-8,10H,3-5H2,1-2H3. The van der Waals surface area contributed by atoms with Crippen molar-refractivity contribution in [3.8, 4) is 0 Å². The van der Waals surface area contributed by atoms with Crippen molar-refractivity contribution in [2.75, 3.05) is 0 Å². The Balaban J connectivity index is 2.52. The number of hydrogen-bond acceptors (Lipinski definition) is 1. The molecule has 0 saturated heterocycles. The smallest absolute Gasteiger partial charge is 0.0786 e. The van der Waals surface area contributed by atoms with E-state index in [0.29, 0.717) is 5.92 Å². The molecule has 2 unspecified atom stereocenters. The van der Waals surface area contributed by atoms with E-state index >= 15 is 0 Å². The van der Waals surface area contributed by atoms with Crippen molar-refractivity contribution in [2.45, 2.75) is 33.1 Å². The van der Waals surface area contributed by atoms with Crippen LogP contribution in [0, 0.1) is 11.8 Å². The van der Waals surface area contributed by atoms with Crippen molar-refractivity contribution in [2.24, 2.45) is 11.8 Å². The average Bonchev–Trinajstić information content (AvgIpc) is 1.88. The number of aliphatic hydroxyl groups is 1. The van der Waals surface area contributed by atoms with Gasteiger partial charge in [0.25, 0.3) is 0 Å². The molecule has 1 heteroatoms. The maximum atomic E-state index is 8.79. The molecule has 0 aliphatic heterocycles. The predicted octanol–water partition coefficient (Wildman–Crippen LogP) is 2.88. The fourth-order valence-corrected chi connectivity index (χ4v) is 1.72. The van der Waals surface area contributed by atoms with Crippen molar-refractivity contribution in [3.05, 3.63) is 11.8 Å². The summed E-state index contributed by atoms with van der Waals surface area (Å²) in [7, 11) is 0. The predicted molar refractivity (Wildman–Crippen MR) is 42.9 cm³/mol. The van der Waals surface area contributed by atoms with Crippen molar-refractivity contribution in [1.82, 2.24) is 0 Å². The van der Waals surface area contributed by atoms with E-state index < -0.39 is 0 Å². The van der Waals surface area contributed by atoms with Gasteiger partial charge in [-0.3, -0.25) is 0 Å². The second-order valence-electron chi connectivity index (χ2n) is 3.48. The molecule has 10 heavy (non-hydrogen) atoms. The molecule has 1 rings (SSSR count). The van der Waals surface area contributed by atoms with Crippen LogP contribution in [0.5, 0.6) is 0 Å². The first-order valence-electron chi connectivity index (χ1n) is 4.07. The van der Waals surface area contributed by atoms with Crippen LogP contribution in [0.25, 0.3) is 0 Å². The summed E-state index contributed by atoms with van der Waals surface area (Å²) in [4.78, 5) is 0. The van der Waals surface area contributed by atoms with Gasteiger partial charge in [0.1, 0.15) is 0 Å². The minimum atomic E-state index is 0.605. The number of rotatable bonds is 0. The summed E-state index contributed by atoms with van der Waals surface area (Å²) >= 11 is 0. The summed E-state index contributed by atoms with van der Waals surface area (Å²) in [6.45, 7) is 4.47. The molecule has 58 valence electrons. The first kappa shape index (κ1) is 7.64. The molecule has 1 aliphatic carbocycles. The Labute approximate surface area is 62.8 Å². The third kappa shape index (κ3) is 1.53. The van der Waals surface area contributed by atoms with Crippen LogP contribution in [0.15, 0.2) is 11.8 Å². The van der Waals surface area contributed by atoms with Crippen LogP contribution in [0.4, 0.5) is 0 Å². The third-order valence-corrected chi connectivity index (χ3v) is 2.48. The quantitative estimate of drug-likeness (QED) is 0.513. The van der Waals surface area contributed by atoms with Crippen molar-refractivity contribution >= 4 is 0 Å². The molecule has 0 heterocycles. The van der Waals surface area contributed by atoms with Gasteiger partial charge < -0.3 is 5.11 Å². The zero-order chi connectivity index (χ0) is 7.56. The van der Waals surface area contributed by atoms with Gasteiger partial charge in [-0.1, -0.05) is 13.8 Å². The molecule has 1 N–H and O–H groups in total. The average molecular weight is 140 g/mol. The Morgan fingerprint density at radius 2 is 2.20 bits per heavy atom. The van der Waals surface area contributed by atoms with Gasteiger partial charge in [0, 0.05) is 0 Å². The fraction of sp³-hybridized carbons (Fsp3) is 0.778. The molecule has 0 aromatic carbocycles. The first-order chi connectivity index (χ1) is 4.74. The SMILES string of the molecule is CC1CCC(=CO)C(C)C1. The molecule has 1 aliphatic rings. The summed E-state index contributed by atoms with van der Waals surface area (Å²) in [5.74, 6) is 1.45. The highest BCUT2D eigenvalue weighted by molar-refractivity contribution is 5.05. The lowest BCUT2D eigenvalue weighted by molar-refractivity contribution is 0.352. The summed E-state index contributed by atoms with van der Waals surface area (Å²) < 4.78 is 0. The van der Waals surface area contributed by atoms with Gasteiger partial charge in [0.05, 0.1) is 6.26 Å². The van der Waals surface area contributed by atoms with Crippen LogP contribution in [0.3, 0.4) is 0 Å². The maximum Gasteiger partial charge on any atom is 0.0786 e. The topological polar surface area (TPSA) is 20.2 Å². The van der Waals surface area contributed by atoms with E-state index in [-0.39, 0.29) is 0 Å². The largest absolute Gasteiger partial charge is 0.516 e. The van der Waals surface area contributed by atoms with Crippen LogP contribution in [0.1, 0.15) is 33.1 Å². The van der Waals surface area contributed by atoms with E-state index in [1.54, 1.807) is 0 Å². The molecular weight excluding hydrogens is 124 g/mol. The van der Waals surface area contributed by atoms with Crippen LogP contribution in [0.2, 0.25) is 0 Å². The monoisotopic (exact) mass is 140 g/mol. The normalized spacial score (nSPS) is 38.4. The molecule has 0 aromatic heterocycles. The molecule has 1 saturated carbocycles. The molecule has 1 nitrogen and oxygen atoms in total. The van der Waals surface area contributed by atoms with Crippen molar-refractivity contribution in [3.63, 3.8) is 0 Å². The fourth-order valence-electron chi connectivity index (χ4n) is 1.72. The van der Waals surface area contributed by atoms with Gasteiger partial charge in [-0.2, -0.15) is 0 Å². The van der Waals surface area contributed by atoms with Gasteiger partial charge in [0.2, 0.25) is 0 Å². The molecule has 0 spiro atoms. The second-order valence-corrected chi connectivity index (χ2v) is 3.48. The summed E-state index contributed by atoms with van der Waals surface area (Å²) in [5.41, 5.74) is 1.23. The number of hydrogen-bond donors (Lipinski definition) is 1. The third-order valence-electron chi connectivity index (χ3n) is 2.48. The van der Waals surface area contributed by atoms with Gasteiger partial charge in [-0.15, -0.1) is 0 Å². The Bertz CT molecular complexity index is 138. The Morgan fingerprint density at radius 3 is 2.70 bits per heavy atom. The van der Waals surface area contributed by atoms with E-state index in [9.17, 15) is 0 Å². The molecule has 0 amide bonds. The highest BCUT2D eigenvalue weighted by Crippen LogP contribution is 2.32. The second kappa shape index (κ2) is 3.09. The van der Waals surface area contributed by atoms with Crippen LogP contribution < -0.4 is 0 Å². The molecule has 1 fully saturated rings. The minimum Gasteiger partial charge on any atom is -0.516 e. The zero-order valence-corrected chi connectivity index (χ0v) is 6.80. The van der Waals surface area contributed by atoms with E-state index in [2.05, 4.69) is 13.8 Å². The molecule has 2 atom stereocenters. The Hall–Kier alpha value is -0.460. The number of aliphatic hydroxyl groups excluding tert-OH is 1. The van der Waals surface area contributed by atoms with Crippen molar-refractivity contribution in [1.29, 1.82) is 0 Å². The zero-order valence-electron chi connectivity index (χ0n) is 6.80. The Morgan fingerprint density at radius 1 is 1.50 bits per heavy atom. The highest BCUT2D eigenvalue weighted by atomic mass is 16.2. The van der Waals surface area contributed by atoms with E-state index in [1.165, 1.54) is 24.7 Å². The van der Waals surface area contributed by atoms with Crippen LogP contribution in [-0.2, 0) is 0 Å². The van der Waals surface area contributed by atoms with Crippen LogP contribution >= 0.6 is 0 Å². The summed E-state index contributed by atoms with van der Waals surface area (Å²) in [6.07, 6.45) is 4.89. The van der Waals surface area contributed by atoms with Gasteiger partial charge >= 0.3 is 0 Å². The van der Waals surface area contributed by atoms with Crippen LogP contribution in [-0.4, -0.2) is 5.11 Å². The minimum absolute atomic E-state index is 0.605. The van der Waals surface area contributed by atoms with E-state index in [1.807, 2.05) is 0 Å². The van der Waals surface area contributed by atoms with Gasteiger partial charge in [0.15, 0.2) is 0 Å². The maximum absolute atomic E-state index is 8.79. The number of allylic oxidation sites excluding steroid dienone is 1.